The van der Waals surface area contributed by atoms with E-state index >= 15 is 0 Å². The molecule has 0 spiro atoms. The van der Waals surface area contributed by atoms with Crippen LogP contribution in [0, 0.1) is 17.0 Å². The molecule has 0 atom stereocenters. The maximum absolute atomic E-state index is 12.6. The van der Waals surface area contributed by atoms with Gasteiger partial charge < -0.3 is 4.90 Å². The molecule has 1 aliphatic rings. The van der Waals surface area contributed by atoms with Gasteiger partial charge in [0, 0.05) is 54.8 Å². The number of nitro groups is 1. The molecule has 0 bridgehead atoms. The summed E-state index contributed by atoms with van der Waals surface area (Å²) < 4.78 is 0.789. The van der Waals surface area contributed by atoms with Crippen LogP contribution in [0.4, 0.5) is 5.69 Å². The van der Waals surface area contributed by atoms with E-state index in [1.807, 2.05) is 12.1 Å². The van der Waals surface area contributed by atoms with Crippen LogP contribution in [0.5, 0.6) is 0 Å². The molecular weight excluding hydrogens is 362 g/mol. The van der Waals surface area contributed by atoms with Gasteiger partial charge in [0.05, 0.1) is 9.26 Å². The Bertz CT molecular complexity index is 800. The lowest BCUT2D eigenvalue weighted by molar-refractivity contribution is -0.385. The Hall–Kier alpha value is -1.96. The molecule has 1 aromatic heterocycles. The Kier molecular flexibility index (Phi) is 5.36. The summed E-state index contributed by atoms with van der Waals surface area (Å²) in [6.45, 7) is 5.39. The number of carbonyl (C=O) groups is 1. The lowest BCUT2D eigenvalue weighted by Gasteiger charge is -2.34. The van der Waals surface area contributed by atoms with Crippen molar-refractivity contribution in [2.75, 3.05) is 26.2 Å². The van der Waals surface area contributed by atoms with Gasteiger partial charge in [-0.25, -0.2) is 0 Å². The van der Waals surface area contributed by atoms with E-state index in [1.54, 1.807) is 29.2 Å². The van der Waals surface area contributed by atoms with Gasteiger partial charge in [-0.05, 0) is 31.2 Å². The fourth-order valence-electron chi connectivity index (χ4n) is 2.94. The van der Waals surface area contributed by atoms with Crippen LogP contribution in [0.2, 0.25) is 4.34 Å². The van der Waals surface area contributed by atoms with Gasteiger partial charge in [0.25, 0.3) is 11.6 Å². The van der Waals surface area contributed by atoms with Crippen LogP contribution in [0.1, 0.15) is 20.8 Å². The number of aryl methyl sites for hydroxylation is 1. The third kappa shape index (κ3) is 4.18. The van der Waals surface area contributed by atoms with Crippen molar-refractivity contribution in [3.63, 3.8) is 0 Å². The lowest BCUT2D eigenvalue weighted by atomic mass is 10.1. The van der Waals surface area contributed by atoms with E-state index in [-0.39, 0.29) is 11.6 Å². The van der Waals surface area contributed by atoms with Crippen molar-refractivity contribution < 1.29 is 9.72 Å². The fourth-order valence-corrected chi connectivity index (χ4v) is 4.07. The zero-order valence-corrected chi connectivity index (χ0v) is 15.3. The van der Waals surface area contributed by atoms with Gasteiger partial charge in [0.15, 0.2) is 0 Å². The first-order valence-electron chi connectivity index (χ1n) is 7.95. The average Bonchev–Trinajstić information content (AvgIpc) is 2.99. The largest absolute Gasteiger partial charge is 0.336 e. The van der Waals surface area contributed by atoms with Gasteiger partial charge in [-0.2, -0.15) is 0 Å². The quantitative estimate of drug-likeness (QED) is 0.601. The summed E-state index contributed by atoms with van der Waals surface area (Å²) >= 11 is 7.54. The number of nitrogens with zero attached hydrogens (tertiary/aromatic N) is 3. The number of piperazine rings is 1. The van der Waals surface area contributed by atoms with Crippen LogP contribution in [0.3, 0.4) is 0 Å². The molecule has 1 amide bonds. The standard InChI is InChI=1S/C17H18ClN3O3S/c1-12-10-13(2-4-15(12)21(23)24)17(22)20-8-6-19(7-9-20)11-14-3-5-16(18)25-14/h2-5,10H,6-9,11H2,1H3. The Balaban J connectivity index is 1.59. The predicted octanol–water partition coefficient (Wildman–Crippen LogP) is 3.58. The topological polar surface area (TPSA) is 66.7 Å². The van der Waals surface area contributed by atoms with E-state index in [0.717, 1.165) is 24.0 Å². The minimum Gasteiger partial charge on any atom is -0.336 e. The lowest BCUT2D eigenvalue weighted by Crippen LogP contribution is -2.48. The normalized spacial score (nSPS) is 15.4. The summed E-state index contributed by atoms with van der Waals surface area (Å²) in [7, 11) is 0. The molecule has 2 heterocycles. The van der Waals surface area contributed by atoms with Crippen LogP contribution in [0.25, 0.3) is 0 Å². The van der Waals surface area contributed by atoms with Gasteiger partial charge >= 0.3 is 0 Å². The number of hydrogen-bond donors (Lipinski definition) is 0. The fraction of sp³-hybridized carbons (Fsp3) is 0.353. The smallest absolute Gasteiger partial charge is 0.272 e. The maximum Gasteiger partial charge on any atom is 0.272 e. The minimum atomic E-state index is -0.431. The third-order valence-corrected chi connectivity index (χ3v) is 5.52. The summed E-state index contributed by atoms with van der Waals surface area (Å²) in [6, 6.07) is 8.47. The van der Waals surface area contributed by atoms with Crippen molar-refractivity contribution in [1.82, 2.24) is 9.80 Å². The van der Waals surface area contributed by atoms with Gasteiger partial charge in [0.2, 0.25) is 0 Å². The molecule has 0 unspecified atom stereocenters. The zero-order valence-electron chi connectivity index (χ0n) is 13.8. The molecule has 25 heavy (non-hydrogen) atoms. The van der Waals surface area contributed by atoms with Crippen LogP contribution >= 0.6 is 22.9 Å². The highest BCUT2D eigenvalue weighted by Crippen LogP contribution is 2.24. The van der Waals surface area contributed by atoms with E-state index in [4.69, 9.17) is 11.6 Å². The van der Waals surface area contributed by atoms with Crippen molar-refractivity contribution in [1.29, 1.82) is 0 Å². The van der Waals surface area contributed by atoms with Gasteiger partial charge in [0.1, 0.15) is 0 Å². The monoisotopic (exact) mass is 379 g/mol. The molecule has 1 aromatic carbocycles. The molecule has 132 valence electrons. The number of halogens is 1. The number of benzene rings is 1. The number of hydrogen-bond acceptors (Lipinski definition) is 5. The van der Waals surface area contributed by atoms with Crippen molar-refractivity contribution in [3.8, 4) is 0 Å². The summed E-state index contributed by atoms with van der Waals surface area (Å²) in [6.07, 6.45) is 0. The predicted molar refractivity (Wildman–Crippen MR) is 98.3 cm³/mol. The number of carbonyl (C=O) groups excluding carboxylic acids is 1. The van der Waals surface area contributed by atoms with Crippen LogP contribution in [0.15, 0.2) is 30.3 Å². The van der Waals surface area contributed by atoms with Gasteiger partial charge in [-0.1, -0.05) is 11.6 Å². The molecule has 1 fully saturated rings. The minimum absolute atomic E-state index is 0.0379. The first kappa shape index (κ1) is 17.8. The Morgan fingerprint density at radius 2 is 1.96 bits per heavy atom. The van der Waals surface area contributed by atoms with Crippen molar-refractivity contribution in [2.24, 2.45) is 0 Å². The van der Waals surface area contributed by atoms with Crippen molar-refractivity contribution in [2.45, 2.75) is 13.5 Å². The van der Waals surface area contributed by atoms with Crippen molar-refractivity contribution >= 4 is 34.5 Å². The third-order valence-electron chi connectivity index (χ3n) is 4.31. The molecule has 0 saturated carbocycles. The second-order valence-corrected chi connectivity index (χ2v) is 7.83. The SMILES string of the molecule is Cc1cc(C(=O)N2CCN(Cc3ccc(Cl)s3)CC2)ccc1[N+](=O)[O-]. The van der Waals surface area contributed by atoms with Crippen molar-refractivity contribution in [3.05, 3.63) is 60.8 Å². The van der Waals surface area contributed by atoms with E-state index < -0.39 is 4.92 Å². The number of rotatable bonds is 4. The molecule has 1 saturated heterocycles. The molecule has 0 radical (unpaired) electrons. The molecule has 2 aromatic rings. The molecule has 3 rings (SSSR count). The Morgan fingerprint density at radius 1 is 1.24 bits per heavy atom. The first-order chi connectivity index (χ1) is 11.9. The van der Waals surface area contributed by atoms with Gasteiger partial charge in [-0.3, -0.25) is 19.8 Å². The van der Waals surface area contributed by atoms with Crippen LogP contribution in [-0.4, -0.2) is 46.8 Å². The molecule has 0 N–H and O–H groups in total. The first-order valence-corrected chi connectivity index (χ1v) is 9.14. The van der Waals surface area contributed by atoms with E-state index in [2.05, 4.69) is 4.90 Å². The van der Waals surface area contributed by atoms with E-state index in [9.17, 15) is 14.9 Å². The maximum atomic E-state index is 12.6. The second-order valence-electron chi connectivity index (χ2n) is 6.03. The van der Waals surface area contributed by atoms with Gasteiger partial charge in [-0.15, -0.1) is 11.3 Å². The highest BCUT2D eigenvalue weighted by molar-refractivity contribution is 7.16. The highest BCUT2D eigenvalue weighted by atomic mass is 35.5. The summed E-state index contributed by atoms with van der Waals surface area (Å²) in [5.74, 6) is -0.0724. The van der Waals surface area contributed by atoms with Crippen LogP contribution < -0.4 is 0 Å². The van der Waals surface area contributed by atoms with E-state index in [0.29, 0.717) is 24.2 Å². The molecule has 6 nitrogen and oxygen atoms in total. The Labute approximate surface area is 154 Å². The number of amides is 1. The summed E-state index contributed by atoms with van der Waals surface area (Å²) in [5, 5.41) is 10.9. The van der Waals surface area contributed by atoms with E-state index in [1.165, 1.54) is 17.0 Å². The van der Waals surface area contributed by atoms with Crippen LogP contribution in [-0.2, 0) is 6.54 Å². The number of thiophene rings is 1. The highest BCUT2D eigenvalue weighted by Gasteiger charge is 2.23. The molecule has 8 heteroatoms. The summed E-state index contributed by atoms with van der Waals surface area (Å²) in [4.78, 5) is 28.4. The Morgan fingerprint density at radius 3 is 2.52 bits per heavy atom. The number of nitro benzene ring substituents is 1. The molecule has 0 aliphatic carbocycles. The molecule has 1 aliphatic heterocycles. The molecular formula is C17H18ClN3O3S. The second kappa shape index (κ2) is 7.51. The average molecular weight is 380 g/mol. The summed E-state index contributed by atoms with van der Waals surface area (Å²) in [5.41, 5.74) is 1.04. The zero-order chi connectivity index (χ0) is 18.0.